The molecule has 4 nitrogen and oxygen atoms in total. The van der Waals surface area contributed by atoms with E-state index < -0.39 is 0 Å². The summed E-state index contributed by atoms with van der Waals surface area (Å²) in [5.41, 5.74) is 4.69. The Morgan fingerprint density at radius 2 is 2.00 bits per heavy atom. The van der Waals surface area contributed by atoms with Crippen LogP contribution in [0.4, 0.5) is 0 Å². The topological polar surface area (TPSA) is 44.1 Å². The van der Waals surface area contributed by atoms with Gasteiger partial charge in [-0.05, 0) is 65.4 Å². The highest BCUT2D eigenvalue weighted by atomic mass is 35.5. The van der Waals surface area contributed by atoms with Crippen molar-refractivity contribution in [2.75, 3.05) is 7.11 Å². The molecule has 0 unspecified atom stereocenters. The molecule has 2 aromatic carbocycles. The van der Waals surface area contributed by atoms with Crippen molar-refractivity contribution in [2.24, 2.45) is 0 Å². The highest BCUT2D eigenvalue weighted by molar-refractivity contribution is 6.31. The number of esters is 1. The largest absolute Gasteiger partial charge is 0.465 e. The average molecular weight is 391 g/mol. The van der Waals surface area contributed by atoms with Crippen molar-refractivity contribution in [2.45, 2.75) is 13.0 Å². The molecule has 0 spiro atoms. The number of halogens is 1. The third kappa shape index (κ3) is 3.78. The van der Waals surface area contributed by atoms with E-state index in [1.54, 1.807) is 12.1 Å². The predicted molar refractivity (Wildman–Crippen MR) is 111 cm³/mol. The van der Waals surface area contributed by atoms with E-state index in [-0.39, 0.29) is 5.97 Å². The van der Waals surface area contributed by atoms with Gasteiger partial charge >= 0.3 is 5.97 Å². The van der Waals surface area contributed by atoms with Gasteiger partial charge in [-0.25, -0.2) is 4.79 Å². The summed E-state index contributed by atoms with van der Waals surface area (Å²) in [4.78, 5) is 16.5. The summed E-state index contributed by atoms with van der Waals surface area (Å²) in [6.45, 7) is 0.730. The number of benzene rings is 2. The summed E-state index contributed by atoms with van der Waals surface area (Å²) in [5.74, 6) is -0.375. The zero-order valence-electron chi connectivity index (χ0n) is 15.4. The zero-order chi connectivity index (χ0) is 19.5. The van der Waals surface area contributed by atoms with Crippen molar-refractivity contribution in [3.8, 4) is 0 Å². The third-order valence-electron chi connectivity index (χ3n) is 4.77. The average Bonchev–Trinajstić information content (AvgIpc) is 3.11. The van der Waals surface area contributed by atoms with E-state index in [9.17, 15) is 4.79 Å². The van der Waals surface area contributed by atoms with Gasteiger partial charge < -0.3 is 9.30 Å². The summed E-state index contributed by atoms with van der Waals surface area (Å²) in [6, 6.07) is 19.7. The van der Waals surface area contributed by atoms with E-state index in [1.165, 1.54) is 7.11 Å². The Morgan fingerprint density at radius 1 is 1.11 bits per heavy atom. The number of pyridine rings is 1. The van der Waals surface area contributed by atoms with E-state index in [4.69, 9.17) is 16.3 Å². The molecular formula is C23H19ClN2O2. The molecule has 0 radical (unpaired) electrons. The van der Waals surface area contributed by atoms with Crippen LogP contribution in [0.15, 0.2) is 73.1 Å². The first-order valence-corrected chi connectivity index (χ1v) is 9.36. The van der Waals surface area contributed by atoms with Gasteiger partial charge in [-0.1, -0.05) is 29.8 Å². The van der Waals surface area contributed by atoms with Crippen molar-refractivity contribution >= 4 is 28.5 Å². The molecular weight excluding hydrogens is 372 g/mol. The fraction of sp³-hybridized carbons (Fsp3) is 0.130. The highest BCUT2D eigenvalue weighted by Crippen LogP contribution is 2.23. The van der Waals surface area contributed by atoms with Gasteiger partial charge in [0.1, 0.15) is 0 Å². The summed E-state index contributed by atoms with van der Waals surface area (Å²) < 4.78 is 7.08. The minimum Gasteiger partial charge on any atom is -0.465 e. The highest BCUT2D eigenvalue weighted by Gasteiger charge is 2.13. The number of rotatable bonds is 5. The van der Waals surface area contributed by atoms with Gasteiger partial charge in [-0.15, -0.1) is 0 Å². The standard InChI is InChI=1S/C23H19ClN2O2/c1-28-23(27)21-14-19(24)7-6-17(21)12-16-5-8-22-18(13-16)9-11-26(22)15-20-4-2-3-10-25-20/h2-11,13-14H,12,15H2,1H3. The summed E-state index contributed by atoms with van der Waals surface area (Å²) in [6.07, 6.45) is 4.51. The SMILES string of the molecule is COC(=O)c1cc(Cl)ccc1Cc1ccc2c(ccn2Cc2ccccn2)c1. The first-order chi connectivity index (χ1) is 13.6. The van der Waals surface area contributed by atoms with Crippen molar-refractivity contribution in [1.82, 2.24) is 9.55 Å². The molecule has 4 aromatic rings. The van der Waals surface area contributed by atoms with E-state index in [0.717, 1.165) is 34.3 Å². The molecule has 0 bridgehead atoms. The molecule has 0 amide bonds. The number of carbonyl (C=O) groups is 1. The number of fused-ring (bicyclic) bond motifs is 1. The molecule has 0 saturated heterocycles. The van der Waals surface area contributed by atoms with Gasteiger partial charge in [-0.2, -0.15) is 0 Å². The Hall–Kier alpha value is -3.11. The van der Waals surface area contributed by atoms with Gasteiger partial charge in [0.25, 0.3) is 0 Å². The third-order valence-corrected chi connectivity index (χ3v) is 5.00. The van der Waals surface area contributed by atoms with Crippen molar-refractivity contribution in [1.29, 1.82) is 0 Å². The number of aromatic nitrogens is 2. The molecule has 0 atom stereocenters. The van der Waals surface area contributed by atoms with Crippen LogP contribution >= 0.6 is 11.6 Å². The van der Waals surface area contributed by atoms with E-state index >= 15 is 0 Å². The van der Waals surface area contributed by atoms with E-state index in [0.29, 0.717) is 17.0 Å². The quantitative estimate of drug-likeness (QED) is 0.444. The second-order valence-corrected chi connectivity index (χ2v) is 7.06. The lowest BCUT2D eigenvalue weighted by molar-refractivity contribution is 0.0599. The van der Waals surface area contributed by atoms with Crippen LogP contribution in [0.1, 0.15) is 27.2 Å². The van der Waals surface area contributed by atoms with Gasteiger partial charge in [-0.3, -0.25) is 4.98 Å². The number of methoxy groups -OCH3 is 1. The summed E-state index contributed by atoms with van der Waals surface area (Å²) in [5, 5.41) is 1.67. The fourth-order valence-electron chi connectivity index (χ4n) is 3.39. The Morgan fingerprint density at radius 3 is 2.79 bits per heavy atom. The van der Waals surface area contributed by atoms with Crippen LogP contribution in [0.2, 0.25) is 5.02 Å². The Kier molecular flexibility index (Phi) is 5.13. The van der Waals surface area contributed by atoms with Crippen LogP contribution in [0, 0.1) is 0 Å². The lowest BCUT2D eigenvalue weighted by atomic mass is 9.99. The predicted octanol–water partition coefficient (Wildman–Crippen LogP) is 5.12. The Bertz CT molecular complexity index is 1140. The van der Waals surface area contributed by atoms with Crippen LogP contribution in [-0.2, 0) is 17.7 Å². The van der Waals surface area contributed by atoms with Gasteiger partial charge in [0, 0.05) is 22.9 Å². The minimum absolute atomic E-state index is 0.375. The first-order valence-electron chi connectivity index (χ1n) is 8.98. The van der Waals surface area contributed by atoms with Gasteiger partial charge in [0.05, 0.1) is 24.9 Å². The normalized spacial score (nSPS) is 10.9. The van der Waals surface area contributed by atoms with Crippen molar-refractivity contribution in [3.63, 3.8) is 0 Å². The van der Waals surface area contributed by atoms with Crippen LogP contribution in [-0.4, -0.2) is 22.6 Å². The van der Waals surface area contributed by atoms with Gasteiger partial charge in [0.15, 0.2) is 0 Å². The molecule has 0 aliphatic heterocycles. The molecule has 2 heterocycles. The summed E-state index contributed by atoms with van der Waals surface area (Å²) in [7, 11) is 1.38. The number of carbonyl (C=O) groups excluding carboxylic acids is 1. The lowest BCUT2D eigenvalue weighted by Gasteiger charge is -2.10. The number of ether oxygens (including phenoxy) is 1. The zero-order valence-corrected chi connectivity index (χ0v) is 16.2. The molecule has 0 aliphatic rings. The number of hydrogen-bond acceptors (Lipinski definition) is 3. The van der Waals surface area contributed by atoms with Crippen molar-refractivity contribution < 1.29 is 9.53 Å². The maximum absolute atomic E-state index is 12.1. The monoisotopic (exact) mass is 390 g/mol. The Labute approximate surface area is 168 Å². The van der Waals surface area contributed by atoms with Crippen molar-refractivity contribution in [3.05, 3.63) is 100 Å². The second kappa shape index (κ2) is 7.87. The first kappa shape index (κ1) is 18.3. The minimum atomic E-state index is -0.375. The number of nitrogens with zero attached hydrogens (tertiary/aromatic N) is 2. The lowest BCUT2D eigenvalue weighted by Crippen LogP contribution is -2.06. The fourth-order valence-corrected chi connectivity index (χ4v) is 3.56. The molecule has 0 aliphatic carbocycles. The molecule has 5 heteroatoms. The molecule has 2 aromatic heterocycles. The van der Waals surface area contributed by atoms with Crippen LogP contribution in [0.5, 0.6) is 0 Å². The van der Waals surface area contributed by atoms with Gasteiger partial charge in [0.2, 0.25) is 0 Å². The van der Waals surface area contributed by atoms with Crippen LogP contribution in [0.25, 0.3) is 10.9 Å². The van der Waals surface area contributed by atoms with Crippen LogP contribution in [0.3, 0.4) is 0 Å². The molecule has 4 rings (SSSR count). The molecule has 0 N–H and O–H groups in total. The molecule has 140 valence electrons. The molecule has 0 saturated carbocycles. The van der Waals surface area contributed by atoms with Crippen LogP contribution < -0.4 is 0 Å². The second-order valence-electron chi connectivity index (χ2n) is 6.63. The number of hydrogen-bond donors (Lipinski definition) is 0. The maximum Gasteiger partial charge on any atom is 0.338 e. The maximum atomic E-state index is 12.1. The smallest absolute Gasteiger partial charge is 0.338 e. The summed E-state index contributed by atoms with van der Waals surface area (Å²) >= 11 is 6.05. The molecule has 0 fully saturated rings. The molecule has 28 heavy (non-hydrogen) atoms. The Balaban J connectivity index is 1.62. The van der Waals surface area contributed by atoms with E-state index in [2.05, 4.69) is 40.0 Å². The van der Waals surface area contributed by atoms with E-state index in [1.807, 2.05) is 30.5 Å².